The van der Waals surface area contributed by atoms with Crippen molar-refractivity contribution in [2.24, 2.45) is 5.73 Å². The number of aromatic nitrogens is 3. The number of hydrogen-bond donors (Lipinski definition) is 1. The maximum absolute atomic E-state index is 11.3. The van der Waals surface area contributed by atoms with Crippen LogP contribution >= 0.6 is 0 Å². The van der Waals surface area contributed by atoms with Gasteiger partial charge < -0.3 is 19.9 Å². The molecule has 0 aliphatic carbocycles. The summed E-state index contributed by atoms with van der Waals surface area (Å²) in [6, 6.07) is 9.80. The van der Waals surface area contributed by atoms with Gasteiger partial charge in [-0.05, 0) is 12.1 Å². The van der Waals surface area contributed by atoms with Crippen molar-refractivity contribution < 1.29 is 23.6 Å². The Kier molecular flexibility index (Phi) is 8.12. The van der Waals surface area contributed by atoms with Crippen LogP contribution in [0.2, 0.25) is 0 Å². The van der Waals surface area contributed by atoms with E-state index < -0.39 is 0 Å². The summed E-state index contributed by atoms with van der Waals surface area (Å²) < 4.78 is 20.7. The summed E-state index contributed by atoms with van der Waals surface area (Å²) in [6.45, 7) is 3.61. The first-order chi connectivity index (χ1) is 14.3. The molecule has 0 aliphatic rings. The van der Waals surface area contributed by atoms with Crippen LogP contribution in [-0.4, -0.2) is 54.9 Å². The third-order valence-electron chi connectivity index (χ3n) is 4.28. The summed E-state index contributed by atoms with van der Waals surface area (Å²) in [7, 11) is 0. The first-order valence-electron chi connectivity index (χ1n) is 9.65. The van der Waals surface area contributed by atoms with E-state index in [2.05, 4.69) is 4.98 Å². The number of nitrogens with two attached hydrogens (primary N) is 1. The number of para-hydroxylation sites is 1. The van der Waals surface area contributed by atoms with Crippen LogP contribution in [0.3, 0.4) is 0 Å². The fourth-order valence-electron chi connectivity index (χ4n) is 2.83. The van der Waals surface area contributed by atoms with Crippen LogP contribution in [0.25, 0.3) is 10.9 Å². The molecule has 29 heavy (non-hydrogen) atoms. The molecule has 0 bridgehead atoms. The smallest absolute Gasteiger partial charge is 0.244 e. The lowest BCUT2D eigenvalue weighted by Crippen LogP contribution is -2.38. The largest absolute Gasteiger partial charge is 0.489 e. The summed E-state index contributed by atoms with van der Waals surface area (Å²) >= 11 is 0. The third-order valence-corrected chi connectivity index (χ3v) is 4.28. The van der Waals surface area contributed by atoms with E-state index in [1.807, 2.05) is 58.2 Å². The Bertz CT molecular complexity index is 907. The first-order valence-corrected chi connectivity index (χ1v) is 9.65. The molecule has 3 aromatic rings. The number of nitrogens with zero attached hydrogens (tertiary/aromatic N) is 3. The molecular formula is C21H27N4O4+. The zero-order valence-electron chi connectivity index (χ0n) is 16.4. The second-order valence-corrected chi connectivity index (χ2v) is 6.47. The van der Waals surface area contributed by atoms with Crippen molar-refractivity contribution in [1.82, 2.24) is 9.55 Å². The Hall–Kier alpha value is -2.81. The third kappa shape index (κ3) is 6.63. The highest BCUT2D eigenvalue weighted by molar-refractivity contribution is 5.84. The van der Waals surface area contributed by atoms with Crippen LogP contribution in [0.5, 0.6) is 5.75 Å². The first kappa shape index (κ1) is 20.9. The monoisotopic (exact) mass is 399 g/mol. The molecule has 8 nitrogen and oxygen atoms in total. The minimum atomic E-state index is 0.00171. The number of fused-ring (bicyclic) bond motifs is 1. The average Bonchev–Trinajstić information content (AvgIpc) is 3.19. The highest BCUT2D eigenvalue weighted by atomic mass is 16.5. The molecule has 0 saturated carbocycles. The van der Waals surface area contributed by atoms with Gasteiger partial charge in [0.1, 0.15) is 43.4 Å². The van der Waals surface area contributed by atoms with Gasteiger partial charge in [0, 0.05) is 11.6 Å². The van der Waals surface area contributed by atoms with Crippen molar-refractivity contribution in [1.29, 1.82) is 0 Å². The Balaban J connectivity index is 1.24. The van der Waals surface area contributed by atoms with E-state index in [-0.39, 0.29) is 12.3 Å². The second kappa shape index (κ2) is 11.3. The van der Waals surface area contributed by atoms with E-state index in [9.17, 15) is 4.79 Å². The summed E-state index contributed by atoms with van der Waals surface area (Å²) in [4.78, 5) is 15.7. The predicted octanol–water partition coefficient (Wildman–Crippen LogP) is 0.964. The molecule has 0 aliphatic heterocycles. The standard InChI is InChI=1S/C21H27N4O4/c22-15-19(26)16-25-8-7-24(17-25)9-10-27-11-12-28-13-14-29-20-5-1-3-18-4-2-6-23-21(18)20/h1-8,17H,9-16,22H2/q+1. The van der Waals surface area contributed by atoms with Crippen molar-refractivity contribution in [2.45, 2.75) is 13.1 Å². The van der Waals surface area contributed by atoms with Crippen molar-refractivity contribution in [3.63, 3.8) is 0 Å². The fraction of sp³-hybridized carbons (Fsp3) is 0.381. The molecule has 0 spiro atoms. The van der Waals surface area contributed by atoms with E-state index in [1.165, 1.54) is 0 Å². The van der Waals surface area contributed by atoms with Crippen molar-refractivity contribution in [3.05, 3.63) is 55.2 Å². The maximum atomic E-state index is 11.3. The number of ketones is 1. The molecule has 0 fully saturated rings. The van der Waals surface area contributed by atoms with Gasteiger partial charge in [0.2, 0.25) is 6.33 Å². The fourth-order valence-corrected chi connectivity index (χ4v) is 2.83. The SMILES string of the molecule is NCC(=O)C[n+]1ccn(CCOCCOCCOc2cccc3cccnc23)c1. The molecule has 0 radical (unpaired) electrons. The Labute approximate surface area is 169 Å². The number of Topliss-reactive ketones (excluding diaryl/α,β-unsaturated/α-hetero) is 1. The molecule has 0 amide bonds. The lowest BCUT2D eigenvalue weighted by Gasteiger charge is -2.09. The molecule has 2 heterocycles. The van der Waals surface area contributed by atoms with Crippen LogP contribution in [-0.2, 0) is 27.4 Å². The van der Waals surface area contributed by atoms with Crippen LogP contribution in [0.15, 0.2) is 55.2 Å². The van der Waals surface area contributed by atoms with E-state index in [4.69, 9.17) is 19.9 Å². The van der Waals surface area contributed by atoms with Gasteiger partial charge in [-0.15, -0.1) is 0 Å². The zero-order valence-corrected chi connectivity index (χ0v) is 16.4. The lowest BCUT2D eigenvalue weighted by atomic mass is 10.2. The zero-order chi connectivity index (χ0) is 20.3. The number of hydrogen-bond acceptors (Lipinski definition) is 6. The quantitative estimate of drug-likeness (QED) is 0.340. The lowest BCUT2D eigenvalue weighted by molar-refractivity contribution is -0.683. The summed E-state index contributed by atoms with van der Waals surface area (Å²) in [5, 5.41) is 1.05. The number of pyridine rings is 1. The molecule has 0 atom stereocenters. The predicted molar refractivity (Wildman–Crippen MR) is 108 cm³/mol. The number of imidazole rings is 1. The summed E-state index contributed by atoms with van der Waals surface area (Å²) in [6.07, 6.45) is 7.38. The van der Waals surface area contributed by atoms with Gasteiger partial charge >= 0.3 is 0 Å². The Morgan fingerprint density at radius 3 is 2.72 bits per heavy atom. The molecular weight excluding hydrogens is 372 g/mol. The van der Waals surface area contributed by atoms with Crippen molar-refractivity contribution in [3.8, 4) is 5.75 Å². The number of benzene rings is 1. The molecule has 3 rings (SSSR count). The van der Waals surface area contributed by atoms with Gasteiger partial charge in [0.05, 0.1) is 33.0 Å². The normalized spacial score (nSPS) is 11.1. The van der Waals surface area contributed by atoms with E-state index in [0.717, 1.165) is 16.7 Å². The van der Waals surface area contributed by atoms with Crippen molar-refractivity contribution in [2.75, 3.05) is 39.6 Å². The van der Waals surface area contributed by atoms with E-state index in [0.29, 0.717) is 46.1 Å². The molecule has 1 aromatic carbocycles. The molecule has 2 N–H and O–H groups in total. The average molecular weight is 399 g/mol. The molecule has 0 saturated heterocycles. The summed E-state index contributed by atoms with van der Waals surface area (Å²) in [5.41, 5.74) is 6.18. The minimum absolute atomic E-state index is 0.00171. The highest BCUT2D eigenvalue weighted by Gasteiger charge is 2.07. The topological polar surface area (TPSA) is 92.5 Å². The van der Waals surface area contributed by atoms with Crippen LogP contribution < -0.4 is 15.0 Å². The number of carbonyl (C=O) groups is 1. The van der Waals surface area contributed by atoms with Gasteiger partial charge in [-0.3, -0.25) is 9.78 Å². The van der Waals surface area contributed by atoms with Gasteiger partial charge in [0.15, 0.2) is 5.78 Å². The van der Waals surface area contributed by atoms with Crippen LogP contribution in [0.4, 0.5) is 0 Å². The Morgan fingerprint density at radius 1 is 1.07 bits per heavy atom. The number of rotatable bonds is 13. The van der Waals surface area contributed by atoms with E-state index >= 15 is 0 Å². The molecule has 154 valence electrons. The highest BCUT2D eigenvalue weighted by Crippen LogP contribution is 2.22. The van der Waals surface area contributed by atoms with Gasteiger partial charge in [0.25, 0.3) is 0 Å². The van der Waals surface area contributed by atoms with E-state index in [1.54, 1.807) is 6.20 Å². The van der Waals surface area contributed by atoms with Gasteiger partial charge in [-0.25, -0.2) is 9.13 Å². The second-order valence-electron chi connectivity index (χ2n) is 6.47. The summed E-state index contributed by atoms with van der Waals surface area (Å²) in [5.74, 6) is 0.766. The molecule has 8 heteroatoms. The van der Waals surface area contributed by atoms with Gasteiger partial charge in [-0.2, -0.15) is 0 Å². The van der Waals surface area contributed by atoms with Crippen LogP contribution in [0, 0.1) is 0 Å². The Morgan fingerprint density at radius 2 is 1.86 bits per heavy atom. The minimum Gasteiger partial charge on any atom is -0.489 e. The van der Waals surface area contributed by atoms with Gasteiger partial charge in [-0.1, -0.05) is 18.2 Å². The number of ether oxygens (including phenoxy) is 3. The van der Waals surface area contributed by atoms with Crippen LogP contribution in [0.1, 0.15) is 0 Å². The molecule has 0 unspecified atom stereocenters. The number of carbonyl (C=O) groups excluding carboxylic acids is 1. The molecule has 2 aromatic heterocycles. The van der Waals surface area contributed by atoms with Crippen molar-refractivity contribution >= 4 is 16.7 Å². The maximum Gasteiger partial charge on any atom is 0.244 e.